The molecule has 3 nitrogen and oxygen atoms in total. The molecule has 0 aliphatic carbocycles. The lowest BCUT2D eigenvalue weighted by molar-refractivity contribution is -0.176. The number of fused-ring (bicyclic) bond motifs is 1. The Morgan fingerprint density at radius 3 is 2.86 bits per heavy atom. The fourth-order valence-corrected chi connectivity index (χ4v) is 3.10. The number of hydrogen-bond acceptors (Lipinski definition) is 2. The predicted molar refractivity (Wildman–Crippen MR) is 75.7 cm³/mol. The van der Waals surface area contributed by atoms with E-state index in [1.807, 2.05) is 28.8 Å². The molecule has 2 aromatic rings. The number of piperidine rings is 1. The van der Waals surface area contributed by atoms with Crippen LogP contribution in [0.4, 0.5) is 19.0 Å². The van der Waals surface area contributed by atoms with Gasteiger partial charge in [-0.3, -0.25) is 0 Å². The number of pyridine rings is 1. The van der Waals surface area contributed by atoms with Gasteiger partial charge < -0.3 is 9.30 Å². The summed E-state index contributed by atoms with van der Waals surface area (Å²) in [5.74, 6) is -0.502. The van der Waals surface area contributed by atoms with Crippen molar-refractivity contribution in [2.75, 3.05) is 18.0 Å². The average Bonchev–Trinajstić information content (AvgIpc) is 2.85. The highest BCUT2D eigenvalue weighted by atomic mass is 35.5. The molecule has 7 heteroatoms. The molecule has 0 aromatic carbocycles. The molecule has 1 fully saturated rings. The largest absolute Gasteiger partial charge is 0.393 e. The van der Waals surface area contributed by atoms with Crippen LogP contribution in [-0.4, -0.2) is 28.7 Å². The minimum absolute atomic E-state index is 0.0444. The van der Waals surface area contributed by atoms with Crippen molar-refractivity contribution in [1.82, 2.24) is 9.38 Å². The van der Waals surface area contributed by atoms with Crippen LogP contribution in [0.15, 0.2) is 24.4 Å². The van der Waals surface area contributed by atoms with Crippen LogP contribution in [0.5, 0.6) is 0 Å². The van der Waals surface area contributed by atoms with Crippen molar-refractivity contribution < 1.29 is 13.2 Å². The first kappa shape index (κ1) is 14.5. The summed E-state index contributed by atoms with van der Waals surface area (Å²) in [4.78, 5) is 6.18. The number of anilines is 1. The molecule has 1 unspecified atom stereocenters. The zero-order chi connectivity index (χ0) is 15.0. The Labute approximate surface area is 125 Å². The van der Waals surface area contributed by atoms with Crippen LogP contribution in [0.25, 0.3) is 5.65 Å². The highest BCUT2D eigenvalue weighted by molar-refractivity contribution is 6.17. The third-order valence-corrected chi connectivity index (χ3v) is 4.17. The van der Waals surface area contributed by atoms with E-state index in [-0.39, 0.29) is 18.8 Å². The lowest BCUT2D eigenvalue weighted by atomic mass is 9.97. The second kappa shape index (κ2) is 5.40. The van der Waals surface area contributed by atoms with Gasteiger partial charge in [-0.2, -0.15) is 13.2 Å². The summed E-state index contributed by atoms with van der Waals surface area (Å²) in [6.07, 6.45) is -1.63. The van der Waals surface area contributed by atoms with Crippen LogP contribution < -0.4 is 4.90 Å². The molecule has 0 amide bonds. The third-order valence-electron chi connectivity index (χ3n) is 3.92. The summed E-state index contributed by atoms with van der Waals surface area (Å²) in [6.45, 7) is 0.539. The Bertz CT molecular complexity index is 638. The summed E-state index contributed by atoms with van der Waals surface area (Å²) in [5, 5.41) is 0. The fraction of sp³-hybridized carbons (Fsp3) is 0.500. The van der Waals surface area contributed by atoms with Crippen molar-refractivity contribution in [2.24, 2.45) is 5.92 Å². The summed E-state index contributed by atoms with van der Waals surface area (Å²) >= 11 is 5.99. The number of aromatic nitrogens is 2. The normalized spacial score (nSPS) is 20.2. The molecule has 0 bridgehead atoms. The number of imidazole rings is 1. The van der Waals surface area contributed by atoms with E-state index in [0.29, 0.717) is 24.4 Å². The summed E-state index contributed by atoms with van der Waals surface area (Å²) in [5.41, 5.74) is 1.45. The molecule has 21 heavy (non-hydrogen) atoms. The zero-order valence-electron chi connectivity index (χ0n) is 11.3. The molecule has 1 saturated heterocycles. The van der Waals surface area contributed by atoms with Crippen molar-refractivity contribution in [3.05, 3.63) is 30.1 Å². The number of rotatable bonds is 2. The first-order valence-electron chi connectivity index (χ1n) is 6.84. The van der Waals surface area contributed by atoms with E-state index in [1.165, 1.54) is 0 Å². The number of alkyl halides is 4. The van der Waals surface area contributed by atoms with Crippen molar-refractivity contribution >= 4 is 23.1 Å². The molecular weight excluding hydrogens is 303 g/mol. The molecule has 0 spiro atoms. The van der Waals surface area contributed by atoms with Gasteiger partial charge in [0.15, 0.2) is 5.82 Å². The maximum atomic E-state index is 12.9. The van der Waals surface area contributed by atoms with Crippen LogP contribution in [-0.2, 0) is 5.88 Å². The molecule has 3 rings (SSSR count). The van der Waals surface area contributed by atoms with Gasteiger partial charge in [-0.15, -0.1) is 11.6 Å². The molecule has 0 saturated carbocycles. The van der Waals surface area contributed by atoms with Crippen molar-refractivity contribution in [3.63, 3.8) is 0 Å². The summed E-state index contributed by atoms with van der Waals surface area (Å²) in [7, 11) is 0. The quantitative estimate of drug-likeness (QED) is 0.784. The molecule has 114 valence electrons. The van der Waals surface area contributed by atoms with Crippen molar-refractivity contribution in [3.8, 4) is 0 Å². The van der Waals surface area contributed by atoms with Gasteiger partial charge in [0, 0.05) is 19.3 Å². The SMILES string of the molecule is FC(F)(F)C1CCCN(c2nc3ccccn3c2CCl)C1. The maximum Gasteiger partial charge on any atom is 0.393 e. The van der Waals surface area contributed by atoms with Gasteiger partial charge in [-0.05, 0) is 25.0 Å². The lowest BCUT2D eigenvalue weighted by Crippen LogP contribution is -2.42. The van der Waals surface area contributed by atoms with Gasteiger partial charge in [0.1, 0.15) is 5.65 Å². The molecule has 1 aliphatic heterocycles. The zero-order valence-corrected chi connectivity index (χ0v) is 12.0. The summed E-state index contributed by atoms with van der Waals surface area (Å²) in [6, 6.07) is 5.52. The monoisotopic (exact) mass is 317 g/mol. The van der Waals surface area contributed by atoms with Gasteiger partial charge in [-0.25, -0.2) is 4.98 Å². The number of halogens is 4. The van der Waals surface area contributed by atoms with Gasteiger partial charge in [0.2, 0.25) is 0 Å². The van der Waals surface area contributed by atoms with E-state index in [0.717, 1.165) is 5.69 Å². The second-order valence-electron chi connectivity index (χ2n) is 5.27. The van der Waals surface area contributed by atoms with Crippen LogP contribution >= 0.6 is 11.6 Å². The van der Waals surface area contributed by atoms with Gasteiger partial charge in [0.25, 0.3) is 0 Å². The van der Waals surface area contributed by atoms with E-state index >= 15 is 0 Å². The Morgan fingerprint density at radius 1 is 1.33 bits per heavy atom. The van der Waals surface area contributed by atoms with E-state index in [9.17, 15) is 13.2 Å². The lowest BCUT2D eigenvalue weighted by Gasteiger charge is -2.34. The van der Waals surface area contributed by atoms with Crippen LogP contribution in [0, 0.1) is 5.92 Å². The molecule has 2 aromatic heterocycles. The average molecular weight is 318 g/mol. The Kier molecular flexibility index (Phi) is 3.73. The minimum atomic E-state index is -4.15. The van der Waals surface area contributed by atoms with Gasteiger partial charge in [-0.1, -0.05) is 6.07 Å². The standard InChI is InChI=1S/C14H15ClF3N3/c15-8-11-13(19-12-5-1-2-7-21(11)12)20-6-3-4-10(9-20)14(16,17)18/h1-2,5,7,10H,3-4,6,8-9H2. The van der Waals surface area contributed by atoms with Gasteiger partial charge in [0.05, 0.1) is 17.5 Å². The third kappa shape index (κ3) is 2.69. The highest BCUT2D eigenvalue weighted by Gasteiger charge is 2.42. The topological polar surface area (TPSA) is 20.5 Å². The molecule has 3 heterocycles. The molecule has 0 N–H and O–H groups in total. The van der Waals surface area contributed by atoms with E-state index in [2.05, 4.69) is 4.98 Å². The van der Waals surface area contributed by atoms with Gasteiger partial charge >= 0.3 is 6.18 Å². The highest BCUT2D eigenvalue weighted by Crippen LogP contribution is 2.35. The Hall–Kier alpha value is -1.43. The van der Waals surface area contributed by atoms with E-state index in [1.54, 1.807) is 4.90 Å². The number of nitrogens with zero attached hydrogens (tertiary/aromatic N) is 3. The summed E-state index contributed by atoms with van der Waals surface area (Å²) < 4.78 is 40.6. The smallest absolute Gasteiger partial charge is 0.354 e. The first-order valence-corrected chi connectivity index (χ1v) is 7.37. The predicted octanol–water partition coefficient (Wildman–Crippen LogP) is 3.85. The van der Waals surface area contributed by atoms with Crippen LogP contribution in [0.1, 0.15) is 18.5 Å². The molecular formula is C14H15ClF3N3. The molecule has 1 atom stereocenters. The Morgan fingerprint density at radius 2 is 2.14 bits per heavy atom. The number of hydrogen-bond donors (Lipinski definition) is 0. The molecule has 1 aliphatic rings. The fourth-order valence-electron chi connectivity index (χ4n) is 2.85. The Balaban J connectivity index is 1.96. The van der Waals surface area contributed by atoms with Crippen molar-refractivity contribution in [2.45, 2.75) is 24.9 Å². The molecule has 0 radical (unpaired) electrons. The second-order valence-corrected chi connectivity index (χ2v) is 5.54. The maximum absolute atomic E-state index is 12.9. The van der Waals surface area contributed by atoms with E-state index < -0.39 is 12.1 Å². The minimum Gasteiger partial charge on any atom is -0.354 e. The van der Waals surface area contributed by atoms with Crippen molar-refractivity contribution in [1.29, 1.82) is 0 Å². The first-order chi connectivity index (χ1) is 10.0. The van der Waals surface area contributed by atoms with E-state index in [4.69, 9.17) is 11.6 Å². The van der Waals surface area contributed by atoms with Crippen LogP contribution in [0.3, 0.4) is 0 Å². The van der Waals surface area contributed by atoms with Crippen LogP contribution in [0.2, 0.25) is 0 Å².